The summed E-state index contributed by atoms with van der Waals surface area (Å²) in [6, 6.07) is 2.81. The van der Waals surface area contributed by atoms with Crippen molar-refractivity contribution in [1.29, 1.82) is 0 Å². The SMILES string of the molecule is CCC(CC)n1ccc(CC2CCCCC2CNC)n1. The van der Waals surface area contributed by atoms with Crippen LogP contribution in [-0.2, 0) is 6.42 Å². The zero-order valence-electron chi connectivity index (χ0n) is 13.4. The van der Waals surface area contributed by atoms with Crippen LogP contribution in [0.1, 0.15) is 64.1 Å². The normalized spacial score (nSPS) is 23.4. The van der Waals surface area contributed by atoms with E-state index < -0.39 is 0 Å². The van der Waals surface area contributed by atoms with Crippen molar-refractivity contribution < 1.29 is 0 Å². The smallest absolute Gasteiger partial charge is 0.0627 e. The fourth-order valence-corrected chi connectivity index (χ4v) is 3.71. The third-order valence-electron chi connectivity index (χ3n) is 4.98. The summed E-state index contributed by atoms with van der Waals surface area (Å²) >= 11 is 0. The monoisotopic (exact) mass is 277 g/mol. The van der Waals surface area contributed by atoms with Crippen LogP contribution in [0.4, 0.5) is 0 Å². The Balaban J connectivity index is 1.97. The minimum Gasteiger partial charge on any atom is -0.319 e. The molecule has 0 aliphatic heterocycles. The van der Waals surface area contributed by atoms with Gasteiger partial charge in [-0.3, -0.25) is 4.68 Å². The molecule has 2 unspecified atom stereocenters. The summed E-state index contributed by atoms with van der Waals surface area (Å²) < 4.78 is 2.19. The minimum absolute atomic E-state index is 0.572. The van der Waals surface area contributed by atoms with Gasteiger partial charge in [-0.05, 0) is 63.6 Å². The third kappa shape index (κ3) is 3.85. The molecule has 2 rings (SSSR count). The topological polar surface area (TPSA) is 29.9 Å². The van der Waals surface area contributed by atoms with Crippen molar-refractivity contribution in [1.82, 2.24) is 15.1 Å². The predicted molar refractivity (Wildman–Crippen MR) is 84.9 cm³/mol. The fourth-order valence-electron chi connectivity index (χ4n) is 3.71. The molecule has 1 aliphatic carbocycles. The molecular formula is C17H31N3. The molecule has 2 atom stereocenters. The molecule has 3 heteroatoms. The Labute approximate surface area is 124 Å². The van der Waals surface area contributed by atoms with Gasteiger partial charge in [-0.1, -0.05) is 26.7 Å². The first kappa shape index (κ1) is 15.6. The molecular weight excluding hydrogens is 246 g/mol. The van der Waals surface area contributed by atoms with E-state index in [1.807, 2.05) is 0 Å². The molecule has 1 aliphatic rings. The molecule has 114 valence electrons. The molecule has 1 fully saturated rings. The van der Waals surface area contributed by atoms with Crippen LogP contribution in [0.5, 0.6) is 0 Å². The summed E-state index contributed by atoms with van der Waals surface area (Å²) in [5, 5.41) is 8.21. The van der Waals surface area contributed by atoms with E-state index in [-0.39, 0.29) is 0 Å². The molecule has 0 bridgehead atoms. The van der Waals surface area contributed by atoms with Crippen molar-refractivity contribution in [3.8, 4) is 0 Å². The molecule has 0 radical (unpaired) electrons. The molecule has 20 heavy (non-hydrogen) atoms. The van der Waals surface area contributed by atoms with Gasteiger partial charge >= 0.3 is 0 Å². The lowest BCUT2D eigenvalue weighted by Gasteiger charge is -2.31. The van der Waals surface area contributed by atoms with Gasteiger partial charge in [0.2, 0.25) is 0 Å². The van der Waals surface area contributed by atoms with Crippen LogP contribution < -0.4 is 5.32 Å². The van der Waals surface area contributed by atoms with Crippen LogP contribution in [0.15, 0.2) is 12.3 Å². The number of aromatic nitrogens is 2. The summed E-state index contributed by atoms with van der Waals surface area (Å²) in [6.45, 7) is 5.66. The first-order chi connectivity index (χ1) is 9.78. The van der Waals surface area contributed by atoms with Gasteiger partial charge in [-0.2, -0.15) is 5.10 Å². The fraction of sp³-hybridized carbons (Fsp3) is 0.824. The first-order valence-corrected chi connectivity index (χ1v) is 8.47. The average Bonchev–Trinajstić information content (AvgIpc) is 2.91. The highest BCUT2D eigenvalue weighted by Crippen LogP contribution is 2.32. The summed E-state index contributed by atoms with van der Waals surface area (Å²) in [7, 11) is 2.08. The van der Waals surface area contributed by atoms with E-state index in [1.54, 1.807) is 0 Å². The molecule has 1 N–H and O–H groups in total. The number of hydrogen-bond donors (Lipinski definition) is 1. The van der Waals surface area contributed by atoms with Crippen molar-refractivity contribution in [2.24, 2.45) is 11.8 Å². The Morgan fingerprint density at radius 3 is 2.60 bits per heavy atom. The molecule has 0 amide bonds. The average molecular weight is 277 g/mol. The summed E-state index contributed by atoms with van der Waals surface area (Å²) in [5.41, 5.74) is 1.30. The van der Waals surface area contributed by atoms with Gasteiger partial charge in [0.25, 0.3) is 0 Å². The van der Waals surface area contributed by atoms with Gasteiger partial charge in [0.1, 0.15) is 0 Å². The van der Waals surface area contributed by atoms with Gasteiger partial charge in [0, 0.05) is 6.20 Å². The lowest BCUT2D eigenvalue weighted by atomic mass is 9.77. The number of nitrogens with one attached hydrogen (secondary N) is 1. The van der Waals surface area contributed by atoms with Crippen molar-refractivity contribution in [3.05, 3.63) is 18.0 Å². The predicted octanol–water partition coefficient (Wildman–Crippen LogP) is 3.81. The van der Waals surface area contributed by atoms with E-state index >= 15 is 0 Å². The van der Waals surface area contributed by atoms with Crippen LogP contribution in [0.2, 0.25) is 0 Å². The Hall–Kier alpha value is -0.830. The van der Waals surface area contributed by atoms with Crippen LogP contribution in [0, 0.1) is 11.8 Å². The zero-order valence-corrected chi connectivity index (χ0v) is 13.4. The van der Waals surface area contributed by atoms with Crippen LogP contribution in [-0.4, -0.2) is 23.4 Å². The summed E-state index contributed by atoms with van der Waals surface area (Å²) in [5.74, 6) is 1.66. The highest BCUT2D eigenvalue weighted by Gasteiger charge is 2.25. The molecule has 1 heterocycles. The van der Waals surface area contributed by atoms with Crippen LogP contribution in [0.3, 0.4) is 0 Å². The van der Waals surface area contributed by atoms with Gasteiger partial charge in [-0.15, -0.1) is 0 Å². The number of rotatable bonds is 7. The highest BCUT2D eigenvalue weighted by molar-refractivity contribution is 5.02. The van der Waals surface area contributed by atoms with Crippen molar-refractivity contribution in [3.63, 3.8) is 0 Å². The van der Waals surface area contributed by atoms with E-state index in [2.05, 4.69) is 43.2 Å². The third-order valence-corrected chi connectivity index (χ3v) is 4.98. The highest BCUT2D eigenvalue weighted by atomic mass is 15.3. The summed E-state index contributed by atoms with van der Waals surface area (Å²) in [4.78, 5) is 0. The Morgan fingerprint density at radius 1 is 1.25 bits per heavy atom. The second-order valence-electron chi connectivity index (χ2n) is 6.32. The lowest BCUT2D eigenvalue weighted by molar-refractivity contribution is 0.230. The molecule has 0 spiro atoms. The quantitative estimate of drug-likeness (QED) is 0.821. The standard InChI is InChI=1S/C17H31N3/c1-4-17(5-2)20-11-10-16(19-20)12-14-8-6-7-9-15(14)13-18-3/h10-11,14-15,17-18H,4-9,12-13H2,1-3H3. The molecule has 0 saturated heterocycles. The molecule has 1 aromatic heterocycles. The Kier molecular flexibility index (Phi) is 6.08. The minimum atomic E-state index is 0.572. The van der Waals surface area contributed by atoms with Gasteiger partial charge in [0.05, 0.1) is 11.7 Å². The Bertz CT molecular complexity index is 379. The van der Waals surface area contributed by atoms with Gasteiger partial charge in [0.15, 0.2) is 0 Å². The van der Waals surface area contributed by atoms with Crippen LogP contribution >= 0.6 is 0 Å². The largest absolute Gasteiger partial charge is 0.319 e. The molecule has 0 aromatic carbocycles. The van der Waals surface area contributed by atoms with Crippen molar-refractivity contribution in [2.45, 2.75) is 64.8 Å². The summed E-state index contributed by atoms with van der Waals surface area (Å²) in [6.07, 6.45) is 11.3. The van der Waals surface area contributed by atoms with Crippen molar-refractivity contribution in [2.75, 3.05) is 13.6 Å². The second-order valence-corrected chi connectivity index (χ2v) is 6.32. The van der Waals surface area contributed by atoms with Crippen molar-refractivity contribution >= 4 is 0 Å². The van der Waals surface area contributed by atoms with E-state index in [4.69, 9.17) is 5.10 Å². The second kappa shape index (κ2) is 7.82. The maximum absolute atomic E-state index is 4.84. The van der Waals surface area contributed by atoms with E-state index in [9.17, 15) is 0 Å². The zero-order chi connectivity index (χ0) is 14.4. The molecule has 1 saturated carbocycles. The van der Waals surface area contributed by atoms with Gasteiger partial charge in [-0.25, -0.2) is 0 Å². The van der Waals surface area contributed by atoms with E-state index in [0.717, 1.165) is 18.4 Å². The van der Waals surface area contributed by atoms with Crippen LogP contribution in [0.25, 0.3) is 0 Å². The maximum Gasteiger partial charge on any atom is 0.0627 e. The number of hydrogen-bond acceptors (Lipinski definition) is 2. The molecule has 1 aromatic rings. The van der Waals surface area contributed by atoms with E-state index in [0.29, 0.717) is 6.04 Å². The van der Waals surface area contributed by atoms with Gasteiger partial charge < -0.3 is 5.32 Å². The Morgan fingerprint density at radius 2 is 1.95 bits per heavy atom. The lowest BCUT2D eigenvalue weighted by Crippen LogP contribution is -2.30. The number of nitrogens with zero attached hydrogens (tertiary/aromatic N) is 2. The molecule has 3 nitrogen and oxygen atoms in total. The maximum atomic E-state index is 4.84. The first-order valence-electron chi connectivity index (χ1n) is 8.47. The van der Waals surface area contributed by atoms with E-state index in [1.165, 1.54) is 50.6 Å².